The van der Waals surface area contributed by atoms with Crippen molar-refractivity contribution in [2.75, 3.05) is 41.0 Å². The Morgan fingerprint density at radius 3 is 2.40 bits per heavy atom. The minimum Gasteiger partial charge on any atom is -0.496 e. The molecule has 1 heterocycles. The van der Waals surface area contributed by atoms with Gasteiger partial charge in [0.1, 0.15) is 5.75 Å². The number of benzene rings is 2. The molecule has 0 radical (unpaired) electrons. The van der Waals surface area contributed by atoms with E-state index in [0.29, 0.717) is 18.0 Å². The average molecular weight is 411 g/mol. The summed E-state index contributed by atoms with van der Waals surface area (Å²) in [6, 6.07) is 13.7. The van der Waals surface area contributed by atoms with Gasteiger partial charge in [-0.25, -0.2) is 0 Å². The maximum Gasteiger partial charge on any atom is 0.244 e. The third kappa shape index (κ3) is 5.33. The number of ether oxygens (including phenoxy) is 3. The molecule has 1 amide bonds. The van der Waals surface area contributed by atoms with Gasteiger partial charge in [0.25, 0.3) is 0 Å². The van der Waals surface area contributed by atoms with E-state index in [2.05, 4.69) is 16.3 Å². The fourth-order valence-corrected chi connectivity index (χ4v) is 3.82. The number of amides is 1. The van der Waals surface area contributed by atoms with Gasteiger partial charge in [-0.1, -0.05) is 24.3 Å². The molecule has 0 aliphatic carbocycles. The Labute approximate surface area is 178 Å². The maximum atomic E-state index is 12.5. The van der Waals surface area contributed by atoms with E-state index in [4.69, 9.17) is 14.2 Å². The molecule has 0 aromatic heterocycles. The van der Waals surface area contributed by atoms with Crippen LogP contribution < -0.4 is 19.5 Å². The number of carbonyl (C=O) groups excluding carboxylic acids is 1. The van der Waals surface area contributed by atoms with Crippen molar-refractivity contribution < 1.29 is 19.0 Å². The number of nitrogens with one attached hydrogen (secondary N) is 1. The van der Waals surface area contributed by atoms with E-state index in [1.54, 1.807) is 33.5 Å². The van der Waals surface area contributed by atoms with Crippen LogP contribution in [0.5, 0.6) is 17.2 Å². The van der Waals surface area contributed by atoms with Gasteiger partial charge in [0, 0.05) is 18.2 Å². The van der Waals surface area contributed by atoms with Crippen molar-refractivity contribution in [1.29, 1.82) is 0 Å². The first-order valence-corrected chi connectivity index (χ1v) is 10.2. The summed E-state index contributed by atoms with van der Waals surface area (Å²) >= 11 is 0. The lowest BCUT2D eigenvalue weighted by Crippen LogP contribution is -2.36. The second kappa shape index (κ2) is 10.7. The molecule has 1 saturated heterocycles. The maximum absolute atomic E-state index is 12.5. The van der Waals surface area contributed by atoms with Gasteiger partial charge in [0.2, 0.25) is 5.91 Å². The van der Waals surface area contributed by atoms with Crippen molar-refractivity contribution in [3.63, 3.8) is 0 Å². The minimum absolute atomic E-state index is 0.0853. The lowest BCUT2D eigenvalue weighted by atomic mass is 10.0. The van der Waals surface area contributed by atoms with Crippen LogP contribution in [0.2, 0.25) is 0 Å². The standard InChI is InChI=1S/C24H30N2O4/c1-28-21-9-5-4-8-19(21)20(26-14-6-7-15-26)17-25-24(27)13-11-18-10-12-22(29-2)23(16-18)30-3/h4-5,8-13,16,20H,6-7,14-15,17H2,1-3H3,(H,25,27)/b13-11+. The van der Waals surface area contributed by atoms with Gasteiger partial charge in [-0.15, -0.1) is 0 Å². The van der Waals surface area contributed by atoms with Crippen LogP contribution in [-0.4, -0.2) is 51.8 Å². The van der Waals surface area contributed by atoms with E-state index in [1.165, 1.54) is 12.8 Å². The quantitative estimate of drug-likeness (QED) is 0.639. The molecule has 3 rings (SSSR count). The van der Waals surface area contributed by atoms with Crippen molar-refractivity contribution in [2.45, 2.75) is 18.9 Å². The van der Waals surface area contributed by atoms with Crippen LogP contribution in [0.15, 0.2) is 48.5 Å². The number of likely N-dealkylation sites (tertiary alicyclic amines) is 1. The summed E-state index contributed by atoms with van der Waals surface area (Å²) in [5.74, 6) is 2.00. The van der Waals surface area contributed by atoms with E-state index in [0.717, 1.165) is 30.0 Å². The number of rotatable bonds is 9. The summed E-state index contributed by atoms with van der Waals surface area (Å²) in [4.78, 5) is 14.9. The molecular formula is C24H30N2O4. The fraction of sp³-hybridized carbons (Fsp3) is 0.375. The third-order valence-electron chi connectivity index (χ3n) is 5.38. The molecule has 2 aromatic rings. The molecule has 1 aliphatic rings. The zero-order chi connectivity index (χ0) is 21.3. The molecule has 6 heteroatoms. The molecule has 1 unspecified atom stereocenters. The number of hydrogen-bond donors (Lipinski definition) is 1. The first-order chi connectivity index (χ1) is 14.7. The van der Waals surface area contributed by atoms with Crippen LogP contribution in [0.1, 0.15) is 30.0 Å². The molecule has 1 N–H and O–H groups in total. The Kier molecular flexibility index (Phi) is 7.74. The molecule has 160 valence electrons. The van der Waals surface area contributed by atoms with Crippen molar-refractivity contribution in [2.24, 2.45) is 0 Å². The summed E-state index contributed by atoms with van der Waals surface area (Å²) in [5, 5.41) is 3.05. The van der Waals surface area contributed by atoms with Crippen LogP contribution in [0.4, 0.5) is 0 Å². The van der Waals surface area contributed by atoms with Gasteiger partial charge in [-0.3, -0.25) is 9.69 Å². The van der Waals surface area contributed by atoms with Gasteiger partial charge < -0.3 is 19.5 Å². The number of nitrogens with zero attached hydrogens (tertiary/aromatic N) is 1. The summed E-state index contributed by atoms with van der Waals surface area (Å²) < 4.78 is 16.1. The number of methoxy groups -OCH3 is 3. The van der Waals surface area contributed by atoms with Crippen molar-refractivity contribution in [1.82, 2.24) is 10.2 Å². The molecule has 0 saturated carbocycles. The van der Waals surface area contributed by atoms with Crippen LogP contribution in [-0.2, 0) is 4.79 Å². The molecular weight excluding hydrogens is 380 g/mol. The molecule has 0 bridgehead atoms. The molecule has 1 atom stereocenters. The summed E-state index contributed by atoms with van der Waals surface area (Å²) in [6.45, 7) is 2.58. The molecule has 1 aliphatic heterocycles. The zero-order valence-corrected chi connectivity index (χ0v) is 17.9. The van der Waals surface area contributed by atoms with Crippen molar-refractivity contribution in [3.05, 3.63) is 59.7 Å². The van der Waals surface area contributed by atoms with Gasteiger partial charge in [-0.05, 0) is 55.8 Å². The van der Waals surface area contributed by atoms with E-state index in [9.17, 15) is 4.79 Å². The Morgan fingerprint density at radius 1 is 1.00 bits per heavy atom. The Balaban J connectivity index is 1.68. The van der Waals surface area contributed by atoms with Crippen LogP contribution in [0, 0.1) is 0 Å². The Bertz CT molecular complexity index is 875. The topological polar surface area (TPSA) is 60.0 Å². The monoisotopic (exact) mass is 410 g/mol. The lowest BCUT2D eigenvalue weighted by Gasteiger charge is -2.29. The van der Waals surface area contributed by atoms with Gasteiger partial charge in [0.15, 0.2) is 11.5 Å². The summed E-state index contributed by atoms with van der Waals surface area (Å²) in [6.07, 6.45) is 5.67. The molecule has 1 fully saturated rings. The molecule has 0 spiro atoms. The average Bonchev–Trinajstić information content (AvgIpc) is 3.32. The molecule has 30 heavy (non-hydrogen) atoms. The van der Waals surface area contributed by atoms with Gasteiger partial charge >= 0.3 is 0 Å². The minimum atomic E-state index is -0.135. The highest BCUT2D eigenvalue weighted by Crippen LogP contribution is 2.31. The molecule has 6 nitrogen and oxygen atoms in total. The van der Waals surface area contributed by atoms with Crippen LogP contribution in [0.25, 0.3) is 6.08 Å². The number of carbonyl (C=O) groups is 1. The van der Waals surface area contributed by atoms with Crippen molar-refractivity contribution >= 4 is 12.0 Å². The Hall–Kier alpha value is -2.99. The highest BCUT2D eigenvalue weighted by molar-refractivity contribution is 5.91. The normalized spacial score (nSPS) is 15.2. The lowest BCUT2D eigenvalue weighted by molar-refractivity contribution is -0.116. The van der Waals surface area contributed by atoms with E-state index < -0.39 is 0 Å². The van der Waals surface area contributed by atoms with Gasteiger partial charge in [0.05, 0.1) is 27.4 Å². The fourth-order valence-electron chi connectivity index (χ4n) is 3.82. The smallest absolute Gasteiger partial charge is 0.244 e. The van der Waals surface area contributed by atoms with E-state index in [-0.39, 0.29) is 11.9 Å². The summed E-state index contributed by atoms with van der Waals surface area (Å²) in [7, 11) is 4.87. The predicted molar refractivity (Wildman–Crippen MR) is 118 cm³/mol. The third-order valence-corrected chi connectivity index (χ3v) is 5.38. The summed E-state index contributed by atoms with van der Waals surface area (Å²) in [5.41, 5.74) is 1.97. The second-order valence-corrected chi connectivity index (χ2v) is 7.19. The largest absolute Gasteiger partial charge is 0.496 e. The first-order valence-electron chi connectivity index (χ1n) is 10.2. The molecule has 2 aromatic carbocycles. The Morgan fingerprint density at radius 2 is 1.70 bits per heavy atom. The van der Waals surface area contributed by atoms with E-state index >= 15 is 0 Å². The highest BCUT2D eigenvalue weighted by Gasteiger charge is 2.26. The number of para-hydroxylation sites is 1. The predicted octanol–water partition coefficient (Wildman–Crippen LogP) is 3.68. The van der Waals surface area contributed by atoms with Crippen LogP contribution in [0.3, 0.4) is 0 Å². The van der Waals surface area contributed by atoms with Crippen LogP contribution >= 0.6 is 0 Å². The van der Waals surface area contributed by atoms with E-state index in [1.807, 2.05) is 36.4 Å². The zero-order valence-electron chi connectivity index (χ0n) is 17.9. The second-order valence-electron chi connectivity index (χ2n) is 7.19. The highest BCUT2D eigenvalue weighted by atomic mass is 16.5. The first kappa shape index (κ1) is 21.7. The van der Waals surface area contributed by atoms with Gasteiger partial charge in [-0.2, -0.15) is 0 Å². The van der Waals surface area contributed by atoms with Crippen molar-refractivity contribution in [3.8, 4) is 17.2 Å². The number of hydrogen-bond acceptors (Lipinski definition) is 5. The SMILES string of the molecule is COc1ccc(/C=C/C(=O)NCC(c2ccccc2OC)N2CCCC2)cc1OC.